The monoisotopic (exact) mass is 135 g/mol. The maximum Gasteiger partial charge on any atom is 0.234 e. The number of amides is 1. The van der Waals surface area contributed by atoms with Gasteiger partial charge in [0.15, 0.2) is 0 Å². The van der Waals surface area contributed by atoms with Crippen LogP contribution in [0.25, 0.3) is 0 Å². The number of hydrogen-bond donors (Lipinski definition) is 1. The fraction of sp³-hybridized carbons (Fsp3) is 0.400. The number of carbonyl (C=O) groups excluding carboxylic acids is 1. The summed E-state index contributed by atoms with van der Waals surface area (Å²) in [5.41, 5.74) is 0. The lowest BCUT2D eigenvalue weighted by Gasteiger charge is -2.01. The Hall–Kier alpha value is -1.49. The molecule has 1 unspecified atom stereocenters. The van der Waals surface area contributed by atoms with Crippen molar-refractivity contribution in [3.63, 3.8) is 0 Å². The van der Waals surface area contributed by atoms with E-state index < -0.39 is 11.8 Å². The van der Waals surface area contributed by atoms with Crippen molar-refractivity contribution in [2.24, 2.45) is 0 Å². The second-order valence-corrected chi connectivity index (χ2v) is 1.75. The van der Waals surface area contributed by atoms with Crippen LogP contribution in [0.5, 0.6) is 0 Å². The Morgan fingerprint density at radius 2 is 2.30 bits per heavy atom. The highest BCUT2D eigenvalue weighted by Crippen LogP contribution is 1.77. The summed E-state index contributed by atoms with van der Waals surface area (Å²) in [6, 6.07) is 3.49. The van der Waals surface area contributed by atoms with Gasteiger partial charge in [0, 0.05) is 0 Å². The first-order chi connectivity index (χ1) is 4.70. The highest BCUT2D eigenvalue weighted by Gasteiger charge is 2.03. The zero-order chi connectivity index (χ0) is 7.98. The van der Waals surface area contributed by atoms with Crippen LogP contribution in [0.15, 0.2) is 0 Å². The van der Waals surface area contributed by atoms with E-state index in [1.54, 1.807) is 13.9 Å². The molecule has 0 rings (SSSR count). The molecule has 0 aromatic rings. The number of nitriles is 2. The zero-order valence-electron chi connectivity index (χ0n) is 5.59. The van der Waals surface area contributed by atoms with Gasteiger partial charge in [0.2, 0.25) is 5.91 Å². The van der Waals surface area contributed by atoms with Crippen LogP contribution in [0.3, 0.4) is 0 Å². The molecule has 0 aliphatic heterocycles. The topological polar surface area (TPSA) is 76.7 Å². The van der Waals surface area contributed by atoms with Gasteiger partial charge >= 0.3 is 0 Å². The van der Waals surface area contributed by atoms with Gasteiger partial charge in [-0.05, 0) is 0 Å². The van der Waals surface area contributed by atoms with Crippen LogP contribution in [-0.4, -0.2) is 19.7 Å². The Bertz CT molecular complexity index is 202. The van der Waals surface area contributed by atoms with E-state index in [4.69, 9.17) is 10.5 Å². The van der Waals surface area contributed by atoms with Crippen molar-refractivity contribution in [1.82, 2.24) is 5.32 Å². The third kappa shape index (κ3) is 3.51. The number of carbonyl (C=O) groups is 1. The van der Waals surface area contributed by atoms with Gasteiger partial charge in [-0.2, -0.15) is 10.5 Å². The second kappa shape index (κ2) is 4.40. The molecule has 0 fully saturated rings. The molecule has 0 heterocycles. The molecule has 0 saturated heterocycles. The van der Waals surface area contributed by atoms with Gasteiger partial charge in [0.1, 0.15) is 14.3 Å². The van der Waals surface area contributed by atoms with E-state index in [0.717, 1.165) is 0 Å². The number of nitrogens with zero attached hydrogens (tertiary/aromatic N) is 2. The van der Waals surface area contributed by atoms with Crippen molar-refractivity contribution in [2.75, 3.05) is 0 Å². The van der Waals surface area contributed by atoms with Gasteiger partial charge in [-0.3, -0.25) is 4.79 Å². The molecule has 50 valence electrons. The first-order valence-corrected chi connectivity index (χ1v) is 2.76. The van der Waals surface area contributed by atoms with Crippen LogP contribution < -0.4 is 5.32 Å². The molecule has 0 aromatic heterocycles. The molecule has 0 saturated carbocycles. The van der Waals surface area contributed by atoms with Crippen molar-refractivity contribution in [2.45, 2.75) is 12.4 Å². The summed E-state index contributed by atoms with van der Waals surface area (Å²) in [5.74, 6) is -0.919. The lowest BCUT2D eigenvalue weighted by atomic mass is 9.98. The normalized spacial score (nSPS) is 10.6. The minimum Gasteiger partial charge on any atom is -0.347 e. The van der Waals surface area contributed by atoms with Crippen molar-refractivity contribution in [3.05, 3.63) is 0 Å². The van der Waals surface area contributed by atoms with Crippen molar-refractivity contribution in [3.8, 4) is 12.1 Å². The molecule has 0 spiro atoms. The van der Waals surface area contributed by atoms with Crippen LogP contribution >= 0.6 is 0 Å². The molecule has 1 atom stereocenters. The van der Waals surface area contributed by atoms with Crippen LogP contribution in [0.2, 0.25) is 0 Å². The molecule has 0 aliphatic rings. The number of hydrogen-bond acceptors (Lipinski definition) is 3. The third-order valence-electron chi connectivity index (χ3n) is 0.811. The summed E-state index contributed by atoms with van der Waals surface area (Å²) < 4.78 is 0. The van der Waals surface area contributed by atoms with E-state index in [1.807, 2.05) is 6.07 Å². The van der Waals surface area contributed by atoms with Gasteiger partial charge in [0.05, 0.1) is 18.1 Å². The smallest absolute Gasteiger partial charge is 0.234 e. The zero-order valence-corrected chi connectivity index (χ0v) is 5.59. The SMILES string of the molecule is BC(C#N)NC(=O)CC#N. The average Bonchev–Trinajstić information content (AvgIpc) is 1.88. The summed E-state index contributed by atoms with van der Waals surface area (Å²) in [6.45, 7) is 0. The van der Waals surface area contributed by atoms with Gasteiger partial charge in [0.25, 0.3) is 0 Å². The lowest BCUT2D eigenvalue weighted by Crippen LogP contribution is -2.33. The van der Waals surface area contributed by atoms with Crippen molar-refractivity contribution < 1.29 is 4.79 Å². The Kier molecular flexibility index (Phi) is 3.75. The highest BCUT2D eigenvalue weighted by molar-refractivity contribution is 6.14. The Labute approximate surface area is 59.8 Å². The lowest BCUT2D eigenvalue weighted by molar-refractivity contribution is -0.120. The van der Waals surface area contributed by atoms with Crippen molar-refractivity contribution >= 4 is 13.8 Å². The summed E-state index contributed by atoms with van der Waals surface area (Å²) in [6.07, 6.45) is -0.188. The molecule has 0 radical (unpaired) electrons. The quantitative estimate of drug-likeness (QED) is 0.468. The van der Waals surface area contributed by atoms with Gasteiger partial charge in [-0.15, -0.1) is 0 Å². The first-order valence-electron chi connectivity index (χ1n) is 2.76. The summed E-state index contributed by atoms with van der Waals surface area (Å²) in [4.78, 5) is 10.5. The van der Waals surface area contributed by atoms with E-state index in [0.29, 0.717) is 0 Å². The van der Waals surface area contributed by atoms with Crippen LogP contribution in [0, 0.1) is 22.7 Å². The summed E-state index contributed by atoms with van der Waals surface area (Å²) in [7, 11) is 1.55. The van der Waals surface area contributed by atoms with Gasteiger partial charge in [-0.25, -0.2) is 0 Å². The fourth-order valence-electron chi connectivity index (χ4n) is 0.397. The fourth-order valence-corrected chi connectivity index (χ4v) is 0.397. The van der Waals surface area contributed by atoms with Gasteiger partial charge in [-0.1, -0.05) is 0 Å². The van der Waals surface area contributed by atoms with Gasteiger partial charge < -0.3 is 5.32 Å². The minimum atomic E-state index is -0.513. The molecular formula is C5H6BN3O. The predicted molar refractivity (Wildman–Crippen MR) is 36.3 cm³/mol. The molecule has 5 heteroatoms. The largest absolute Gasteiger partial charge is 0.347 e. The van der Waals surface area contributed by atoms with Crippen LogP contribution in [-0.2, 0) is 4.79 Å². The first kappa shape index (κ1) is 8.51. The number of nitrogens with one attached hydrogen (secondary N) is 1. The Morgan fingerprint density at radius 1 is 1.70 bits per heavy atom. The number of rotatable bonds is 2. The standard InChI is InChI=1S/C5H6BN3O/c6-4(3-8)9-5(10)1-2-7/h4H,1,6H2,(H,9,10). The van der Waals surface area contributed by atoms with Crippen LogP contribution in [0.1, 0.15) is 6.42 Å². The average molecular weight is 135 g/mol. The Morgan fingerprint density at radius 3 is 2.70 bits per heavy atom. The van der Waals surface area contributed by atoms with E-state index >= 15 is 0 Å². The minimum absolute atomic E-state index is 0.188. The predicted octanol–water partition coefficient (Wildman–Crippen LogP) is -1.50. The molecule has 0 aromatic carbocycles. The molecule has 4 nitrogen and oxygen atoms in total. The Balaban J connectivity index is 3.63. The highest BCUT2D eigenvalue weighted by atomic mass is 16.1. The molecule has 1 amide bonds. The van der Waals surface area contributed by atoms with Crippen molar-refractivity contribution in [1.29, 1.82) is 10.5 Å². The molecule has 0 aliphatic carbocycles. The molecule has 10 heavy (non-hydrogen) atoms. The maximum absolute atomic E-state index is 10.5. The molecule has 1 N–H and O–H groups in total. The summed E-state index contributed by atoms with van der Waals surface area (Å²) in [5, 5.41) is 18.5. The van der Waals surface area contributed by atoms with E-state index in [9.17, 15) is 4.79 Å². The summed E-state index contributed by atoms with van der Waals surface area (Å²) >= 11 is 0. The maximum atomic E-state index is 10.5. The van der Waals surface area contributed by atoms with E-state index in [1.165, 1.54) is 0 Å². The van der Waals surface area contributed by atoms with Crippen LogP contribution in [0.4, 0.5) is 0 Å². The second-order valence-electron chi connectivity index (χ2n) is 1.75. The molecule has 0 bridgehead atoms. The van der Waals surface area contributed by atoms with E-state index in [2.05, 4.69) is 5.32 Å². The third-order valence-corrected chi connectivity index (χ3v) is 0.811. The van der Waals surface area contributed by atoms with E-state index in [-0.39, 0.29) is 6.42 Å². The molecular weight excluding hydrogens is 129 g/mol.